The minimum Gasteiger partial charge on any atom is -0.618 e. The number of halogens is 2. The van der Waals surface area contributed by atoms with Gasteiger partial charge in [-0.2, -0.15) is 4.73 Å². The number of hydrogen-bond donors (Lipinski definition) is 0. The van der Waals surface area contributed by atoms with Crippen LogP contribution in [0, 0.1) is 21.6 Å². The molecule has 54 valence electrons. The van der Waals surface area contributed by atoms with Gasteiger partial charge in [0.15, 0.2) is 5.82 Å². The standard InChI is InChI=1S/C6H5FINO/c1-4-5(7)2-3-6(8)9(4)10/h2-3H,1H3. The van der Waals surface area contributed by atoms with Crippen LogP contribution in [0.2, 0.25) is 0 Å². The topological polar surface area (TPSA) is 26.9 Å². The molecule has 10 heavy (non-hydrogen) atoms. The Kier molecular flexibility index (Phi) is 2.08. The average molecular weight is 253 g/mol. The van der Waals surface area contributed by atoms with Gasteiger partial charge in [-0.3, -0.25) is 0 Å². The summed E-state index contributed by atoms with van der Waals surface area (Å²) < 4.78 is 13.6. The van der Waals surface area contributed by atoms with Gasteiger partial charge >= 0.3 is 0 Å². The summed E-state index contributed by atoms with van der Waals surface area (Å²) in [5.41, 5.74) is 0.118. The minimum absolute atomic E-state index is 0.118. The smallest absolute Gasteiger partial charge is 0.252 e. The van der Waals surface area contributed by atoms with E-state index < -0.39 is 5.82 Å². The largest absolute Gasteiger partial charge is 0.618 e. The number of rotatable bonds is 0. The van der Waals surface area contributed by atoms with Crippen molar-refractivity contribution in [1.29, 1.82) is 0 Å². The van der Waals surface area contributed by atoms with Crippen molar-refractivity contribution in [3.05, 3.63) is 32.6 Å². The van der Waals surface area contributed by atoms with Crippen molar-refractivity contribution >= 4 is 22.6 Å². The van der Waals surface area contributed by atoms with Crippen LogP contribution in [0.3, 0.4) is 0 Å². The summed E-state index contributed by atoms with van der Waals surface area (Å²) in [6.07, 6.45) is 0. The lowest BCUT2D eigenvalue weighted by molar-refractivity contribution is -0.627. The van der Waals surface area contributed by atoms with Gasteiger partial charge in [-0.25, -0.2) is 4.39 Å². The molecule has 0 aromatic carbocycles. The highest BCUT2D eigenvalue weighted by atomic mass is 127. The molecule has 0 saturated heterocycles. The number of hydrogen-bond acceptors (Lipinski definition) is 1. The van der Waals surface area contributed by atoms with Crippen LogP contribution in [0.4, 0.5) is 4.39 Å². The molecule has 0 radical (unpaired) electrons. The molecule has 1 aromatic heterocycles. The fourth-order valence-electron chi connectivity index (χ4n) is 0.587. The second kappa shape index (κ2) is 2.69. The average Bonchev–Trinajstić information content (AvgIpc) is 1.93. The van der Waals surface area contributed by atoms with E-state index in [2.05, 4.69) is 0 Å². The molecule has 0 unspecified atom stereocenters. The zero-order chi connectivity index (χ0) is 7.72. The molecule has 0 aliphatic rings. The first-order chi connectivity index (χ1) is 4.63. The third-order valence-electron chi connectivity index (χ3n) is 1.21. The van der Waals surface area contributed by atoms with Crippen molar-refractivity contribution in [2.45, 2.75) is 6.92 Å². The predicted molar refractivity (Wildman–Crippen MR) is 42.8 cm³/mol. The van der Waals surface area contributed by atoms with Crippen LogP contribution in [-0.4, -0.2) is 0 Å². The first-order valence-corrected chi connectivity index (χ1v) is 3.75. The number of nitrogens with zero attached hydrogens (tertiary/aromatic N) is 1. The number of aromatic nitrogens is 1. The van der Waals surface area contributed by atoms with E-state index in [-0.39, 0.29) is 5.69 Å². The molecule has 1 heterocycles. The zero-order valence-electron chi connectivity index (χ0n) is 5.27. The van der Waals surface area contributed by atoms with E-state index in [1.54, 1.807) is 0 Å². The van der Waals surface area contributed by atoms with Crippen molar-refractivity contribution in [2.75, 3.05) is 0 Å². The van der Waals surface area contributed by atoms with Crippen LogP contribution in [0.1, 0.15) is 5.69 Å². The van der Waals surface area contributed by atoms with Gasteiger partial charge in [0.1, 0.15) is 0 Å². The molecule has 2 nitrogen and oxygen atoms in total. The zero-order valence-corrected chi connectivity index (χ0v) is 7.42. The van der Waals surface area contributed by atoms with E-state index >= 15 is 0 Å². The van der Waals surface area contributed by atoms with Crippen molar-refractivity contribution in [3.63, 3.8) is 0 Å². The molecule has 0 atom stereocenters. The summed E-state index contributed by atoms with van der Waals surface area (Å²) in [4.78, 5) is 0. The Morgan fingerprint density at radius 2 is 2.20 bits per heavy atom. The fraction of sp³-hybridized carbons (Fsp3) is 0.167. The van der Waals surface area contributed by atoms with Crippen LogP contribution in [0.5, 0.6) is 0 Å². The monoisotopic (exact) mass is 253 g/mol. The van der Waals surface area contributed by atoms with Crippen molar-refractivity contribution in [2.24, 2.45) is 0 Å². The summed E-state index contributed by atoms with van der Waals surface area (Å²) in [7, 11) is 0. The maximum absolute atomic E-state index is 12.5. The van der Waals surface area contributed by atoms with Gasteiger partial charge in [-0.1, -0.05) is 0 Å². The molecule has 0 aliphatic heterocycles. The quantitative estimate of drug-likeness (QED) is 0.297. The molecule has 0 amide bonds. The maximum Gasteiger partial charge on any atom is 0.252 e. The first kappa shape index (κ1) is 7.71. The highest BCUT2D eigenvalue weighted by Crippen LogP contribution is 2.03. The fourth-order valence-corrected chi connectivity index (χ4v) is 1.13. The van der Waals surface area contributed by atoms with Gasteiger partial charge in [0.05, 0.1) is 0 Å². The molecule has 0 N–H and O–H groups in total. The third-order valence-corrected chi connectivity index (χ3v) is 2.01. The van der Waals surface area contributed by atoms with Crippen LogP contribution in [0.25, 0.3) is 0 Å². The molecular formula is C6H5FINO. The normalized spacial score (nSPS) is 9.90. The lowest BCUT2D eigenvalue weighted by Gasteiger charge is -2.01. The molecule has 4 heteroatoms. The SMILES string of the molecule is Cc1c(F)ccc(I)[n+]1[O-]. The van der Waals surface area contributed by atoms with Crippen molar-refractivity contribution in [3.8, 4) is 0 Å². The van der Waals surface area contributed by atoms with E-state index in [1.807, 2.05) is 22.6 Å². The lowest BCUT2D eigenvalue weighted by Crippen LogP contribution is -2.34. The van der Waals surface area contributed by atoms with Gasteiger partial charge in [-0.15, -0.1) is 0 Å². The van der Waals surface area contributed by atoms with Gasteiger partial charge in [0, 0.05) is 35.6 Å². The van der Waals surface area contributed by atoms with E-state index in [4.69, 9.17) is 0 Å². The molecule has 0 aliphatic carbocycles. The maximum atomic E-state index is 12.5. The summed E-state index contributed by atoms with van der Waals surface area (Å²) in [6.45, 7) is 1.45. The predicted octanol–water partition coefficient (Wildman–Crippen LogP) is 1.37. The molecule has 0 bridgehead atoms. The van der Waals surface area contributed by atoms with E-state index in [9.17, 15) is 9.60 Å². The van der Waals surface area contributed by atoms with Gasteiger partial charge in [0.2, 0.25) is 5.69 Å². The second-order valence-corrected chi connectivity index (χ2v) is 2.99. The van der Waals surface area contributed by atoms with Crippen LogP contribution >= 0.6 is 22.6 Å². The molecule has 0 saturated carbocycles. The summed E-state index contributed by atoms with van der Waals surface area (Å²) in [5, 5.41) is 10.9. The molecule has 1 aromatic rings. The highest BCUT2D eigenvalue weighted by Gasteiger charge is 2.08. The third kappa shape index (κ3) is 1.21. The Balaban J connectivity index is 3.34. The summed E-state index contributed by atoms with van der Waals surface area (Å²) >= 11 is 1.85. The van der Waals surface area contributed by atoms with Crippen LogP contribution < -0.4 is 4.73 Å². The number of pyridine rings is 1. The summed E-state index contributed by atoms with van der Waals surface area (Å²) in [5.74, 6) is -0.463. The van der Waals surface area contributed by atoms with Crippen LogP contribution in [0.15, 0.2) is 12.1 Å². The summed E-state index contributed by atoms with van der Waals surface area (Å²) in [6, 6.07) is 2.72. The Labute approximate surface area is 71.4 Å². The van der Waals surface area contributed by atoms with Gasteiger partial charge in [-0.05, 0) is 6.07 Å². The Morgan fingerprint density at radius 3 is 2.70 bits per heavy atom. The highest BCUT2D eigenvalue weighted by molar-refractivity contribution is 14.1. The molecule has 0 spiro atoms. The minimum atomic E-state index is -0.463. The Hall–Kier alpha value is -0.390. The van der Waals surface area contributed by atoms with E-state index in [1.165, 1.54) is 19.1 Å². The van der Waals surface area contributed by atoms with E-state index in [0.717, 1.165) is 0 Å². The Morgan fingerprint density at radius 1 is 1.60 bits per heavy atom. The van der Waals surface area contributed by atoms with Crippen molar-refractivity contribution < 1.29 is 9.12 Å². The first-order valence-electron chi connectivity index (χ1n) is 2.67. The molecule has 1 rings (SSSR count). The second-order valence-electron chi connectivity index (χ2n) is 1.88. The lowest BCUT2D eigenvalue weighted by atomic mass is 10.4. The van der Waals surface area contributed by atoms with Crippen molar-refractivity contribution in [1.82, 2.24) is 0 Å². The molecular weight excluding hydrogens is 248 g/mol. The van der Waals surface area contributed by atoms with Crippen LogP contribution in [-0.2, 0) is 0 Å². The van der Waals surface area contributed by atoms with Gasteiger partial charge in [0.25, 0.3) is 3.70 Å². The van der Waals surface area contributed by atoms with Gasteiger partial charge < -0.3 is 5.21 Å². The molecule has 0 fully saturated rings. The Bertz CT molecular complexity index is 237. The van der Waals surface area contributed by atoms with E-state index in [0.29, 0.717) is 8.43 Å².